The molecule has 0 aliphatic carbocycles. The fraction of sp³-hybridized carbons (Fsp3) is 0.533. The highest BCUT2D eigenvalue weighted by atomic mass is 16.3. The number of piperidine rings is 1. The van der Waals surface area contributed by atoms with Crippen LogP contribution in [0.25, 0.3) is 0 Å². The van der Waals surface area contributed by atoms with E-state index in [-0.39, 0.29) is 11.8 Å². The predicted octanol–water partition coefficient (Wildman–Crippen LogP) is 1.36. The van der Waals surface area contributed by atoms with Crippen LogP contribution in [0.4, 0.5) is 0 Å². The van der Waals surface area contributed by atoms with E-state index in [4.69, 9.17) is 0 Å². The molecule has 1 aromatic carbocycles. The smallest absolute Gasteiger partial charge is 0.224 e. The van der Waals surface area contributed by atoms with Crippen LogP contribution in [-0.2, 0) is 11.3 Å². The molecule has 1 amide bonds. The Labute approximate surface area is 114 Å². The van der Waals surface area contributed by atoms with Crippen LogP contribution < -0.4 is 10.6 Å². The third-order valence-electron chi connectivity index (χ3n) is 3.60. The zero-order chi connectivity index (χ0) is 13.7. The molecule has 0 saturated carbocycles. The lowest BCUT2D eigenvalue weighted by Gasteiger charge is -2.21. The lowest BCUT2D eigenvalue weighted by Crippen LogP contribution is -2.40. The molecule has 1 heterocycles. The van der Waals surface area contributed by atoms with Crippen molar-refractivity contribution in [1.82, 2.24) is 10.6 Å². The number of aliphatic hydroxyl groups excluding tert-OH is 1. The monoisotopic (exact) mass is 262 g/mol. The Morgan fingerprint density at radius 1 is 1.47 bits per heavy atom. The quantitative estimate of drug-likeness (QED) is 0.767. The molecule has 2 rings (SSSR count). The van der Waals surface area contributed by atoms with Crippen molar-refractivity contribution >= 4 is 5.91 Å². The number of amides is 1. The second-order valence-electron chi connectivity index (χ2n) is 5.18. The van der Waals surface area contributed by atoms with Gasteiger partial charge in [0.2, 0.25) is 5.91 Å². The Morgan fingerprint density at radius 2 is 2.21 bits per heavy atom. The number of rotatable bonds is 4. The van der Waals surface area contributed by atoms with E-state index >= 15 is 0 Å². The summed E-state index contributed by atoms with van der Waals surface area (Å²) in [6.07, 6.45) is 1.60. The van der Waals surface area contributed by atoms with Crippen molar-refractivity contribution in [3.05, 3.63) is 35.4 Å². The highest BCUT2D eigenvalue weighted by Crippen LogP contribution is 2.13. The van der Waals surface area contributed by atoms with Crippen LogP contribution in [0.3, 0.4) is 0 Å². The summed E-state index contributed by atoms with van der Waals surface area (Å²) in [7, 11) is 0. The summed E-state index contributed by atoms with van der Waals surface area (Å²) in [4.78, 5) is 12.0. The maximum Gasteiger partial charge on any atom is 0.224 e. The predicted molar refractivity (Wildman–Crippen MR) is 74.5 cm³/mol. The Hall–Kier alpha value is -1.39. The van der Waals surface area contributed by atoms with E-state index in [1.54, 1.807) is 6.92 Å². The fourth-order valence-electron chi connectivity index (χ4n) is 2.32. The molecule has 4 heteroatoms. The average Bonchev–Trinajstić information content (AvgIpc) is 2.46. The summed E-state index contributed by atoms with van der Waals surface area (Å²) in [5.74, 6) is 0.234. The van der Waals surface area contributed by atoms with Crippen LogP contribution in [0.5, 0.6) is 0 Å². The first-order valence-electron chi connectivity index (χ1n) is 6.92. The maximum atomic E-state index is 12.0. The molecule has 4 nitrogen and oxygen atoms in total. The van der Waals surface area contributed by atoms with Gasteiger partial charge in [0.1, 0.15) is 0 Å². The molecule has 0 bridgehead atoms. The van der Waals surface area contributed by atoms with Gasteiger partial charge in [-0.3, -0.25) is 4.79 Å². The van der Waals surface area contributed by atoms with Crippen molar-refractivity contribution in [2.24, 2.45) is 5.92 Å². The lowest BCUT2D eigenvalue weighted by atomic mass is 9.99. The zero-order valence-electron chi connectivity index (χ0n) is 11.4. The number of benzene rings is 1. The van der Waals surface area contributed by atoms with Crippen LogP contribution in [0.1, 0.15) is 37.0 Å². The second-order valence-corrected chi connectivity index (χ2v) is 5.18. The van der Waals surface area contributed by atoms with Crippen LogP contribution in [0.2, 0.25) is 0 Å². The van der Waals surface area contributed by atoms with Gasteiger partial charge >= 0.3 is 0 Å². The van der Waals surface area contributed by atoms with Gasteiger partial charge in [0.15, 0.2) is 0 Å². The Bertz CT molecular complexity index is 409. The van der Waals surface area contributed by atoms with E-state index in [2.05, 4.69) is 10.6 Å². The first-order valence-corrected chi connectivity index (χ1v) is 6.92. The molecule has 1 saturated heterocycles. The standard InChI is InChI=1S/C15H22N2O2/c1-11(18)13-6-4-12(5-7-13)9-17-15(19)14-3-2-8-16-10-14/h4-7,11,14,16,18H,2-3,8-10H2,1H3,(H,17,19). The van der Waals surface area contributed by atoms with Gasteiger partial charge in [-0.25, -0.2) is 0 Å². The molecule has 0 aromatic heterocycles. The SMILES string of the molecule is CC(O)c1ccc(CNC(=O)C2CCCNC2)cc1. The summed E-state index contributed by atoms with van der Waals surface area (Å²) < 4.78 is 0. The second kappa shape index (κ2) is 6.68. The van der Waals surface area contributed by atoms with Gasteiger partial charge in [-0.2, -0.15) is 0 Å². The van der Waals surface area contributed by atoms with E-state index in [9.17, 15) is 9.90 Å². The fourth-order valence-corrected chi connectivity index (χ4v) is 2.32. The topological polar surface area (TPSA) is 61.4 Å². The molecule has 1 aromatic rings. The van der Waals surface area contributed by atoms with Gasteiger partial charge in [-0.05, 0) is 37.4 Å². The van der Waals surface area contributed by atoms with Crippen LogP contribution in [0.15, 0.2) is 24.3 Å². The Kier molecular flexibility index (Phi) is 4.93. The summed E-state index contributed by atoms with van der Waals surface area (Å²) in [5, 5.41) is 15.6. The molecule has 1 aliphatic rings. The van der Waals surface area contributed by atoms with E-state index in [1.165, 1.54) is 0 Å². The summed E-state index contributed by atoms with van der Waals surface area (Å²) in [5.41, 5.74) is 1.95. The maximum absolute atomic E-state index is 12.0. The van der Waals surface area contributed by atoms with E-state index < -0.39 is 6.10 Å². The molecule has 1 fully saturated rings. The average molecular weight is 262 g/mol. The number of carbonyl (C=O) groups excluding carboxylic acids is 1. The lowest BCUT2D eigenvalue weighted by molar-refractivity contribution is -0.125. The van der Waals surface area contributed by atoms with E-state index in [0.29, 0.717) is 6.54 Å². The highest BCUT2D eigenvalue weighted by Gasteiger charge is 2.20. The van der Waals surface area contributed by atoms with Crippen molar-refractivity contribution in [1.29, 1.82) is 0 Å². The van der Waals surface area contributed by atoms with Crippen molar-refractivity contribution in [2.45, 2.75) is 32.4 Å². The van der Waals surface area contributed by atoms with Gasteiger partial charge in [0, 0.05) is 13.1 Å². The zero-order valence-corrected chi connectivity index (χ0v) is 11.4. The molecular weight excluding hydrogens is 240 g/mol. The first-order chi connectivity index (χ1) is 9.16. The number of hydrogen-bond acceptors (Lipinski definition) is 3. The van der Waals surface area contributed by atoms with Crippen LogP contribution >= 0.6 is 0 Å². The molecular formula is C15H22N2O2. The minimum Gasteiger partial charge on any atom is -0.389 e. The molecule has 0 radical (unpaired) electrons. The van der Waals surface area contributed by atoms with Crippen molar-refractivity contribution < 1.29 is 9.90 Å². The normalized spacial score (nSPS) is 20.8. The number of nitrogens with one attached hydrogen (secondary N) is 2. The molecule has 19 heavy (non-hydrogen) atoms. The number of hydrogen-bond donors (Lipinski definition) is 3. The molecule has 0 spiro atoms. The number of aliphatic hydroxyl groups is 1. The minimum absolute atomic E-state index is 0.102. The van der Waals surface area contributed by atoms with Gasteiger partial charge in [0.25, 0.3) is 0 Å². The molecule has 1 aliphatic heterocycles. The van der Waals surface area contributed by atoms with Gasteiger partial charge in [-0.15, -0.1) is 0 Å². The van der Waals surface area contributed by atoms with Crippen LogP contribution in [0, 0.1) is 5.92 Å². The largest absolute Gasteiger partial charge is 0.389 e. The van der Waals surface area contributed by atoms with Crippen LogP contribution in [-0.4, -0.2) is 24.1 Å². The van der Waals surface area contributed by atoms with E-state index in [1.807, 2.05) is 24.3 Å². The van der Waals surface area contributed by atoms with Crippen molar-refractivity contribution in [3.63, 3.8) is 0 Å². The Balaban J connectivity index is 1.82. The van der Waals surface area contributed by atoms with Crippen molar-refractivity contribution in [3.8, 4) is 0 Å². The van der Waals surface area contributed by atoms with E-state index in [0.717, 1.165) is 37.1 Å². The third-order valence-corrected chi connectivity index (χ3v) is 3.60. The van der Waals surface area contributed by atoms with Gasteiger partial charge < -0.3 is 15.7 Å². The molecule has 104 valence electrons. The van der Waals surface area contributed by atoms with Crippen molar-refractivity contribution in [2.75, 3.05) is 13.1 Å². The molecule has 3 N–H and O–H groups in total. The van der Waals surface area contributed by atoms with Gasteiger partial charge in [0.05, 0.1) is 12.0 Å². The summed E-state index contributed by atoms with van der Waals surface area (Å²) in [6.45, 7) is 4.10. The third kappa shape index (κ3) is 4.04. The summed E-state index contributed by atoms with van der Waals surface area (Å²) in [6, 6.07) is 7.69. The van der Waals surface area contributed by atoms with Gasteiger partial charge in [-0.1, -0.05) is 24.3 Å². The molecule has 2 atom stereocenters. The molecule has 2 unspecified atom stereocenters. The number of carbonyl (C=O) groups is 1. The Morgan fingerprint density at radius 3 is 2.79 bits per heavy atom. The minimum atomic E-state index is -0.447. The highest BCUT2D eigenvalue weighted by molar-refractivity contribution is 5.78. The summed E-state index contributed by atoms with van der Waals surface area (Å²) >= 11 is 0. The first kappa shape index (κ1) is 14.0.